The molecule has 1 unspecified atom stereocenters. The zero-order valence-electron chi connectivity index (χ0n) is 11.1. The maximum absolute atomic E-state index is 5.77. The highest BCUT2D eigenvalue weighted by atomic mass is 15.1. The third-order valence-electron chi connectivity index (χ3n) is 3.62. The van der Waals surface area contributed by atoms with Gasteiger partial charge in [0.25, 0.3) is 0 Å². The van der Waals surface area contributed by atoms with E-state index in [1.807, 2.05) is 30.9 Å². The number of hydrogen-bond donors (Lipinski definition) is 1. The Morgan fingerprint density at radius 3 is 2.33 bits per heavy atom. The van der Waals surface area contributed by atoms with Crippen molar-refractivity contribution in [1.82, 2.24) is 9.55 Å². The molecule has 0 amide bonds. The summed E-state index contributed by atoms with van der Waals surface area (Å²) in [5.74, 6) is 0.614. The SMILES string of the molecule is CCC(CC)C(c1ccc(N)cc1)n1ccnc1. The standard InChI is InChI=1S/C15H21N3/c1-3-12(4-2)15(18-10-9-17-11-18)13-5-7-14(16)8-6-13/h5-12,15H,3-4,16H2,1-2H3. The Hall–Kier alpha value is -1.77. The molecular weight excluding hydrogens is 222 g/mol. The van der Waals surface area contributed by atoms with E-state index in [0.29, 0.717) is 12.0 Å². The molecule has 18 heavy (non-hydrogen) atoms. The first-order valence-corrected chi connectivity index (χ1v) is 6.59. The van der Waals surface area contributed by atoms with Gasteiger partial charge in [-0.15, -0.1) is 0 Å². The molecule has 1 atom stereocenters. The molecule has 0 aliphatic rings. The normalized spacial score (nSPS) is 12.8. The fourth-order valence-corrected chi connectivity index (χ4v) is 2.55. The summed E-state index contributed by atoms with van der Waals surface area (Å²) in [6, 6.07) is 8.54. The lowest BCUT2D eigenvalue weighted by molar-refractivity contribution is 0.355. The number of rotatable bonds is 5. The maximum atomic E-state index is 5.77. The van der Waals surface area contributed by atoms with E-state index in [9.17, 15) is 0 Å². The van der Waals surface area contributed by atoms with Gasteiger partial charge in [0.05, 0.1) is 12.4 Å². The van der Waals surface area contributed by atoms with Crippen molar-refractivity contribution < 1.29 is 0 Å². The molecule has 3 nitrogen and oxygen atoms in total. The molecule has 0 bridgehead atoms. The van der Waals surface area contributed by atoms with Crippen LogP contribution < -0.4 is 5.73 Å². The van der Waals surface area contributed by atoms with Crippen molar-refractivity contribution in [3.63, 3.8) is 0 Å². The molecule has 1 aromatic carbocycles. The van der Waals surface area contributed by atoms with E-state index < -0.39 is 0 Å². The number of nitrogens with zero attached hydrogens (tertiary/aromatic N) is 2. The first-order valence-electron chi connectivity index (χ1n) is 6.59. The van der Waals surface area contributed by atoms with Crippen LogP contribution in [0.2, 0.25) is 0 Å². The van der Waals surface area contributed by atoms with E-state index in [0.717, 1.165) is 18.5 Å². The number of benzene rings is 1. The van der Waals surface area contributed by atoms with Crippen molar-refractivity contribution in [2.24, 2.45) is 5.92 Å². The number of anilines is 1. The zero-order chi connectivity index (χ0) is 13.0. The molecule has 2 N–H and O–H groups in total. The largest absolute Gasteiger partial charge is 0.399 e. The second kappa shape index (κ2) is 5.71. The van der Waals surface area contributed by atoms with Crippen LogP contribution in [0.1, 0.15) is 38.3 Å². The first kappa shape index (κ1) is 12.7. The molecule has 0 saturated carbocycles. The van der Waals surface area contributed by atoms with Crippen LogP contribution in [-0.4, -0.2) is 9.55 Å². The molecule has 96 valence electrons. The van der Waals surface area contributed by atoms with E-state index in [4.69, 9.17) is 5.73 Å². The van der Waals surface area contributed by atoms with Gasteiger partial charge in [0, 0.05) is 18.1 Å². The summed E-state index contributed by atoms with van der Waals surface area (Å²) in [5, 5.41) is 0. The number of nitrogen functional groups attached to an aromatic ring is 1. The van der Waals surface area contributed by atoms with Gasteiger partial charge in [-0.3, -0.25) is 0 Å². The lowest BCUT2D eigenvalue weighted by Gasteiger charge is -2.27. The van der Waals surface area contributed by atoms with Gasteiger partial charge in [-0.05, 0) is 23.6 Å². The molecule has 3 heteroatoms. The van der Waals surface area contributed by atoms with Gasteiger partial charge in [-0.2, -0.15) is 0 Å². The minimum absolute atomic E-state index is 0.350. The molecule has 2 rings (SSSR count). The van der Waals surface area contributed by atoms with Crippen LogP contribution in [0.5, 0.6) is 0 Å². The van der Waals surface area contributed by atoms with Crippen LogP contribution in [0, 0.1) is 5.92 Å². The van der Waals surface area contributed by atoms with Crippen LogP contribution in [0.4, 0.5) is 5.69 Å². The second-order valence-corrected chi connectivity index (χ2v) is 4.70. The van der Waals surface area contributed by atoms with Crippen molar-refractivity contribution in [2.45, 2.75) is 32.7 Å². The summed E-state index contributed by atoms with van der Waals surface area (Å²) in [6.45, 7) is 4.49. The van der Waals surface area contributed by atoms with Gasteiger partial charge in [-0.25, -0.2) is 4.98 Å². The molecule has 2 aromatic rings. The van der Waals surface area contributed by atoms with Gasteiger partial charge >= 0.3 is 0 Å². The van der Waals surface area contributed by atoms with Gasteiger partial charge in [0.1, 0.15) is 0 Å². The Labute approximate surface area is 109 Å². The van der Waals surface area contributed by atoms with Crippen molar-refractivity contribution in [2.75, 3.05) is 5.73 Å². The van der Waals surface area contributed by atoms with Gasteiger partial charge in [-0.1, -0.05) is 38.8 Å². The summed E-state index contributed by atoms with van der Waals surface area (Å²) in [6.07, 6.45) is 8.10. The lowest BCUT2D eigenvalue weighted by atomic mass is 9.88. The van der Waals surface area contributed by atoms with Crippen LogP contribution in [0.25, 0.3) is 0 Å². The predicted molar refractivity (Wildman–Crippen MR) is 75.3 cm³/mol. The smallest absolute Gasteiger partial charge is 0.0951 e. The maximum Gasteiger partial charge on any atom is 0.0951 e. The molecule has 0 saturated heterocycles. The fourth-order valence-electron chi connectivity index (χ4n) is 2.55. The zero-order valence-corrected chi connectivity index (χ0v) is 11.1. The average molecular weight is 243 g/mol. The number of nitrogens with two attached hydrogens (primary N) is 1. The number of aromatic nitrogens is 2. The summed E-state index contributed by atoms with van der Waals surface area (Å²) in [7, 11) is 0. The highest BCUT2D eigenvalue weighted by molar-refractivity contribution is 5.40. The molecule has 0 fully saturated rings. The molecule has 0 aliphatic carbocycles. The van der Waals surface area contributed by atoms with Gasteiger partial charge < -0.3 is 10.3 Å². The molecule has 1 aromatic heterocycles. The first-order chi connectivity index (χ1) is 8.76. The van der Waals surface area contributed by atoms with Crippen LogP contribution in [0.3, 0.4) is 0 Å². The van der Waals surface area contributed by atoms with E-state index in [1.165, 1.54) is 5.56 Å². The Balaban J connectivity index is 2.38. The minimum atomic E-state index is 0.350. The molecule has 0 aliphatic heterocycles. The summed E-state index contributed by atoms with van der Waals surface area (Å²) in [5.41, 5.74) is 7.88. The van der Waals surface area contributed by atoms with E-state index in [1.54, 1.807) is 0 Å². The summed E-state index contributed by atoms with van der Waals surface area (Å²) >= 11 is 0. The van der Waals surface area contributed by atoms with Crippen molar-refractivity contribution >= 4 is 5.69 Å². The van der Waals surface area contributed by atoms with E-state index in [-0.39, 0.29) is 0 Å². The quantitative estimate of drug-likeness (QED) is 0.817. The fraction of sp³-hybridized carbons (Fsp3) is 0.400. The Bertz CT molecular complexity index is 455. The molecule has 1 heterocycles. The molecule has 0 radical (unpaired) electrons. The van der Waals surface area contributed by atoms with Crippen LogP contribution in [0.15, 0.2) is 43.0 Å². The Kier molecular flexibility index (Phi) is 4.03. The van der Waals surface area contributed by atoms with Crippen molar-refractivity contribution in [1.29, 1.82) is 0 Å². The highest BCUT2D eigenvalue weighted by Crippen LogP contribution is 2.31. The topological polar surface area (TPSA) is 43.8 Å². The average Bonchev–Trinajstić information content (AvgIpc) is 2.91. The summed E-state index contributed by atoms with van der Waals surface area (Å²) in [4.78, 5) is 4.18. The lowest BCUT2D eigenvalue weighted by Crippen LogP contribution is -2.19. The predicted octanol–water partition coefficient (Wildman–Crippen LogP) is 3.49. The Morgan fingerprint density at radius 1 is 1.17 bits per heavy atom. The van der Waals surface area contributed by atoms with Crippen molar-refractivity contribution in [3.8, 4) is 0 Å². The van der Waals surface area contributed by atoms with Gasteiger partial charge in [0.15, 0.2) is 0 Å². The monoisotopic (exact) mass is 243 g/mol. The molecule has 0 spiro atoms. The third kappa shape index (κ3) is 2.55. The van der Waals surface area contributed by atoms with Gasteiger partial charge in [0.2, 0.25) is 0 Å². The highest BCUT2D eigenvalue weighted by Gasteiger charge is 2.21. The van der Waals surface area contributed by atoms with E-state index in [2.05, 4.69) is 35.5 Å². The third-order valence-corrected chi connectivity index (χ3v) is 3.62. The van der Waals surface area contributed by atoms with Crippen LogP contribution >= 0.6 is 0 Å². The minimum Gasteiger partial charge on any atom is -0.399 e. The second-order valence-electron chi connectivity index (χ2n) is 4.70. The van der Waals surface area contributed by atoms with E-state index >= 15 is 0 Å². The number of imidazole rings is 1. The summed E-state index contributed by atoms with van der Waals surface area (Å²) < 4.78 is 2.20. The van der Waals surface area contributed by atoms with Crippen molar-refractivity contribution in [3.05, 3.63) is 48.5 Å². The molecular formula is C15H21N3. The number of hydrogen-bond acceptors (Lipinski definition) is 2. The van der Waals surface area contributed by atoms with Crippen LogP contribution in [-0.2, 0) is 0 Å². The Morgan fingerprint density at radius 2 is 1.83 bits per heavy atom.